The first-order valence-electron chi connectivity index (χ1n) is 5.37. The number of phenols is 1. The number of rotatable bonds is 4. The molecule has 18 heavy (non-hydrogen) atoms. The van der Waals surface area contributed by atoms with Gasteiger partial charge in [-0.25, -0.2) is 4.98 Å². The fourth-order valence-corrected chi connectivity index (χ4v) is 1.46. The summed E-state index contributed by atoms with van der Waals surface area (Å²) >= 11 is 0. The van der Waals surface area contributed by atoms with E-state index in [4.69, 9.17) is 10.5 Å². The standard InChI is InChI=1S/C12H14N4O2/c1-18-11-4-5-14-12(16-11)15-7-8-6-9(13)2-3-10(8)17/h2-6,17H,7,13H2,1H3,(H,14,15,16). The second-order valence-corrected chi connectivity index (χ2v) is 3.66. The molecular formula is C12H14N4O2. The Labute approximate surface area is 104 Å². The third-order valence-electron chi connectivity index (χ3n) is 2.38. The van der Waals surface area contributed by atoms with Gasteiger partial charge in [0, 0.05) is 30.1 Å². The van der Waals surface area contributed by atoms with E-state index in [0.717, 1.165) is 0 Å². The lowest BCUT2D eigenvalue weighted by Gasteiger charge is -2.08. The van der Waals surface area contributed by atoms with Gasteiger partial charge >= 0.3 is 0 Å². The first-order valence-corrected chi connectivity index (χ1v) is 5.37. The number of nitrogen functional groups attached to an aromatic ring is 1. The van der Waals surface area contributed by atoms with Crippen LogP contribution in [-0.2, 0) is 6.54 Å². The van der Waals surface area contributed by atoms with Crippen LogP contribution in [0.5, 0.6) is 11.6 Å². The van der Waals surface area contributed by atoms with Crippen LogP contribution >= 0.6 is 0 Å². The number of benzene rings is 1. The van der Waals surface area contributed by atoms with E-state index in [9.17, 15) is 5.11 Å². The van der Waals surface area contributed by atoms with Crippen LogP contribution in [0, 0.1) is 0 Å². The number of anilines is 2. The van der Waals surface area contributed by atoms with E-state index in [-0.39, 0.29) is 5.75 Å². The van der Waals surface area contributed by atoms with Crippen LogP contribution in [0.25, 0.3) is 0 Å². The molecule has 1 heterocycles. The molecule has 0 aliphatic rings. The van der Waals surface area contributed by atoms with Gasteiger partial charge in [0.05, 0.1) is 7.11 Å². The van der Waals surface area contributed by atoms with E-state index in [1.807, 2.05) is 0 Å². The average Bonchev–Trinajstić information content (AvgIpc) is 2.40. The van der Waals surface area contributed by atoms with Gasteiger partial charge in [0.15, 0.2) is 0 Å². The fraction of sp³-hybridized carbons (Fsp3) is 0.167. The Morgan fingerprint density at radius 1 is 1.39 bits per heavy atom. The van der Waals surface area contributed by atoms with E-state index >= 15 is 0 Å². The Hall–Kier alpha value is -2.50. The minimum atomic E-state index is 0.180. The molecule has 2 aromatic rings. The van der Waals surface area contributed by atoms with E-state index < -0.39 is 0 Å². The van der Waals surface area contributed by atoms with Crippen LogP contribution in [0.15, 0.2) is 30.5 Å². The topological polar surface area (TPSA) is 93.3 Å². The van der Waals surface area contributed by atoms with Crippen LogP contribution in [0.4, 0.5) is 11.6 Å². The Bertz CT molecular complexity index is 545. The Kier molecular flexibility index (Phi) is 3.47. The van der Waals surface area contributed by atoms with Gasteiger partial charge in [-0.05, 0) is 18.2 Å². The Balaban J connectivity index is 2.08. The largest absolute Gasteiger partial charge is 0.508 e. The molecule has 0 amide bonds. The monoisotopic (exact) mass is 246 g/mol. The predicted molar refractivity (Wildman–Crippen MR) is 68.4 cm³/mol. The van der Waals surface area contributed by atoms with Gasteiger partial charge in [-0.2, -0.15) is 4.98 Å². The maximum Gasteiger partial charge on any atom is 0.226 e. The second-order valence-electron chi connectivity index (χ2n) is 3.66. The van der Waals surface area contributed by atoms with Crippen molar-refractivity contribution in [3.63, 3.8) is 0 Å². The quantitative estimate of drug-likeness (QED) is 0.557. The summed E-state index contributed by atoms with van der Waals surface area (Å²) in [4.78, 5) is 8.14. The van der Waals surface area contributed by atoms with Gasteiger partial charge < -0.3 is 20.9 Å². The zero-order valence-electron chi connectivity index (χ0n) is 9.92. The number of hydrogen-bond acceptors (Lipinski definition) is 6. The first-order chi connectivity index (χ1) is 8.69. The molecule has 0 atom stereocenters. The number of aromatic hydroxyl groups is 1. The lowest BCUT2D eigenvalue weighted by molar-refractivity contribution is 0.397. The van der Waals surface area contributed by atoms with Crippen molar-refractivity contribution >= 4 is 11.6 Å². The van der Waals surface area contributed by atoms with Crippen molar-refractivity contribution in [2.24, 2.45) is 0 Å². The minimum Gasteiger partial charge on any atom is -0.508 e. The number of hydrogen-bond donors (Lipinski definition) is 3. The molecule has 0 saturated heterocycles. The predicted octanol–water partition coefficient (Wildman–Crippen LogP) is 1.39. The van der Waals surface area contributed by atoms with E-state index in [1.54, 1.807) is 30.5 Å². The molecule has 0 aliphatic heterocycles. The molecule has 0 radical (unpaired) electrons. The van der Waals surface area contributed by atoms with Crippen molar-refractivity contribution < 1.29 is 9.84 Å². The number of methoxy groups -OCH3 is 1. The molecule has 2 rings (SSSR count). The maximum absolute atomic E-state index is 9.65. The van der Waals surface area contributed by atoms with Crippen molar-refractivity contribution in [1.29, 1.82) is 0 Å². The SMILES string of the molecule is COc1ccnc(NCc2cc(N)ccc2O)n1. The summed E-state index contributed by atoms with van der Waals surface area (Å²) in [5.74, 6) is 1.08. The normalized spacial score (nSPS) is 10.1. The van der Waals surface area contributed by atoms with E-state index in [0.29, 0.717) is 29.6 Å². The number of nitrogens with one attached hydrogen (secondary N) is 1. The highest BCUT2D eigenvalue weighted by atomic mass is 16.5. The van der Waals surface area contributed by atoms with Crippen molar-refractivity contribution in [1.82, 2.24) is 9.97 Å². The molecular weight excluding hydrogens is 232 g/mol. The summed E-state index contributed by atoms with van der Waals surface area (Å²) in [6.45, 7) is 0.379. The average molecular weight is 246 g/mol. The van der Waals surface area contributed by atoms with Gasteiger partial charge in [-0.15, -0.1) is 0 Å². The van der Waals surface area contributed by atoms with Crippen LogP contribution in [0.2, 0.25) is 0 Å². The van der Waals surface area contributed by atoms with Gasteiger partial charge in [0.25, 0.3) is 0 Å². The number of phenolic OH excluding ortho intramolecular Hbond substituents is 1. The van der Waals surface area contributed by atoms with E-state index in [1.165, 1.54) is 7.11 Å². The molecule has 0 aliphatic carbocycles. The van der Waals surface area contributed by atoms with Crippen LogP contribution in [-0.4, -0.2) is 22.2 Å². The minimum absolute atomic E-state index is 0.180. The molecule has 0 fully saturated rings. The number of aromatic nitrogens is 2. The molecule has 6 nitrogen and oxygen atoms in total. The fourth-order valence-electron chi connectivity index (χ4n) is 1.46. The number of nitrogens with zero attached hydrogens (tertiary/aromatic N) is 2. The molecule has 0 spiro atoms. The van der Waals surface area contributed by atoms with Crippen molar-refractivity contribution in [3.05, 3.63) is 36.0 Å². The first kappa shape index (κ1) is 12.0. The van der Waals surface area contributed by atoms with Crippen LogP contribution in [0.1, 0.15) is 5.56 Å². The van der Waals surface area contributed by atoms with Crippen LogP contribution < -0.4 is 15.8 Å². The van der Waals surface area contributed by atoms with E-state index in [2.05, 4.69) is 15.3 Å². The summed E-state index contributed by atoms with van der Waals surface area (Å²) in [7, 11) is 1.54. The summed E-state index contributed by atoms with van der Waals surface area (Å²) in [5, 5.41) is 12.6. The molecule has 0 unspecified atom stereocenters. The molecule has 94 valence electrons. The zero-order valence-corrected chi connectivity index (χ0v) is 9.92. The summed E-state index contributed by atoms with van der Waals surface area (Å²) < 4.78 is 4.99. The number of nitrogens with two attached hydrogens (primary N) is 1. The van der Waals surface area contributed by atoms with Gasteiger partial charge in [-0.1, -0.05) is 0 Å². The highest BCUT2D eigenvalue weighted by Gasteiger charge is 2.03. The zero-order chi connectivity index (χ0) is 13.0. The smallest absolute Gasteiger partial charge is 0.226 e. The molecule has 0 bridgehead atoms. The second kappa shape index (κ2) is 5.22. The van der Waals surface area contributed by atoms with Crippen molar-refractivity contribution in [2.45, 2.75) is 6.54 Å². The number of ether oxygens (including phenoxy) is 1. The Morgan fingerprint density at radius 3 is 3.00 bits per heavy atom. The van der Waals surface area contributed by atoms with Gasteiger partial charge in [-0.3, -0.25) is 0 Å². The van der Waals surface area contributed by atoms with Crippen molar-refractivity contribution in [3.8, 4) is 11.6 Å². The molecule has 4 N–H and O–H groups in total. The summed E-state index contributed by atoms with van der Waals surface area (Å²) in [5.41, 5.74) is 6.93. The van der Waals surface area contributed by atoms with Gasteiger partial charge in [0.2, 0.25) is 11.8 Å². The molecule has 1 aromatic heterocycles. The lowest BCUT2D eigenvalue weighted by atomic mass is 10.2. The maximum atomic E-state index is 9.65. The third-order valence-corrected chi connectivity index (χ3v) is 2.38. The summed E-state index contributed by atoms with van der Waals surface area (Å²) in [6, 6.07) is 6.55. The summed E-state index contributed by atoms with van der Waals surface area (Å²) in [6.07, 6.45) is 1.59. The lowest BCUT2D eigenvalue weighted by Crippen LogP contribution is -2.04. The van der Waals surface area contributed by atoms with Gasteiger partial charge in [0.1, 0.15) is 5.75 Å². The van der Waals surface area contributed by atoms with Crippen molar-refractivity contribution in [2.75, 3.05) is 18.2 Å². The molecule has 0 saturated carbocycles. The highest BCUT2D eigenvalue weighted by Crippen LogP contribution is 2.20. The van der Waals surface area contributed by atoms with Crippen LogP contribution in [0.3, 0.4) is 0 Å². The molecule has 1 aromatic carbocycles. The molecule has 6 heteroatoms. The highest BCUT2D eigenvalue weighted by molar-refractivity contribution is 5.48. The Morgan fingerprint density at radius 2 is 2.22 bits per heavy atom. The third kappa shape index (κ3) is 2.79.